The molecule has 0 amide bonds. The molecule has 0 radical (unpaired) electrons. The number of carboxylic acid groups (broad SMARTS) is 2. The summed E-state index contributed by atoms with van der Waals surface area (Å²) >= 11 is 0. The minimum absolute atomic E-state index is 0.422. The van der Waals surface area contributed by atoms with E-state index in [-0.39, 0.29) is 0 Å². The SMILES string of the molecule is O=C(O)CO[C@H](C(=O)O)c1ccccc1. The van der Waals surface area contributed by atoms with Crippen LogP contribution in [0.5, 0.6) is 0 Å². The minimum Gasteiger partial charge on any atom is -0.480 e. The van der Waals surface area contributed by atoms with Gasteiger partial charge in [-0.15, -0.1) is 0 Å². The van der Waals surface area contributed by atoms with Gasteiger partial charge in [0, 0.05) is 0 Å². The molecule has 2 N–H and O–H groups in total. The molecule has 1 atom stereocenters. The first kappa shape index (κ1) is 11.2. The van der Waals surface area contributed by atoms with Gasteiger partial charge in [0.15, 0.2) is 6.10 Å². The molecule has 0 spiro atoms. The van der Waals surface area contributed by atoms with Crippen molar-refractivity contribution in [2.45, 2.75) is 6.10 Å². The normalized spacial score (nSPS) is 12.0. The predicted octanol–water partition coefficient (Wildman–Crippen LogP) is 0.913. The zero-order valence-electron chi connectivity index (χ0n) is 7.79. The van der Waals surface area contributed by atoms with E-state index in [1.165, 1.54) is 0 Å². The molecule has 0 fully saturated rings. The highest BCUT2D eigenvalue weighted by atomic mass is 16.5. The predicted molar refractivity (Wildman–Crippen MR) is 50.4 cm³/mol. The summed E-state index contributed by atoms with van der Waals surface area (Å²) in [6.07, 6.45) is -1.23. The van der Waals surface area contributed by atoms with Gasteiger partial charge in [-0.3, -0.25) is 0 Å². The number of rotatable bonds is 5. The molecule has 1 aromatic carbocycles. The van der Waals surface area contributed by atoms with Crippen LogP contribution >= 0.6 is 0 Å². The van der Waals surface area contributed by atoms with Crippen molar-refractivity contribution in [3.63, 3.8) is 0 Å². The van der Waals surface area contributed by atoms with Gasteiger partial charge in [-0.2, -0.15) is 0 Å². The Hall–Kier alpha value is -1.88. The van der Waals surface area contributed by atoms with Gasteiger partial charge in [-0.1, -0.05) is 30.3 Å². The summed E-state index contributed by atoms with van der Waals surface area (Å²) in [5.41, 5.74) is 0.422. The van der Waals surface area contributed by atoms with Crippen LogP contribution in [0.2, 0.25) is 0 Å². The number of ether oxygens (including phenoxy) is 1. The van der Waals surface area contributed by atoms with Crippen molar-refractivity contribution in [2.24, 2.45) is 0 Å². The van der Waals surface area contributed by atoms with Crippen molar-refractivity contribution < 1.29 is 24.5 Å². The lowest BCUT2D eigenvalue weighted by atomic mass is 10.1. The molecule has 0 unspecified atom stereocenters. The monoisotopic (exact) mass is 210 g/mol. The molecule has 15 heavy (non-hydrogen) atoms. The van der Waals surface area contributed by atoms with Crippen molar-refractivity contribution >= 4 is 11.9 Å². The fourth-order valence-corrected chi connectivity index (χ4v) is 1.09. The molecule has 1 aromatic rings. The quantitative estimate of drug-likeness (QED) is 0.754. The Balaban J connectivity index is 2.75. The molecule has 0 aliphatic rings. The molecule has 80 valence electrons. The summed E-state index contributed by atoms with van der Waals surface area (Å²) in [7, 11) is 0. The maximum atomic E-state index is 10.8. The zero-order valence-corrected chi connectivity index (χ0v) is 7.79. The van der Waals surface area contributed by atoms with E-state index in [9.17, 15) is 9.59 Å². The van der Waals surface area contributed by atoms with Crippen molar-refractivity contribution in [1.82, 2.24) is 0 Å². The molecular formula is C10H10O5. The Morgan fingerprint density at radius 2 is 1.80 bits per heavy atom. The second-order valence-corrected chi connectivity index (χ2v) is 2.83. The second kappa shape index (κ2) is 5.11. The maximum Gasteiger partial charge on any atom is 0.337 e. The van der Waals surface area contributed by atoms with Crippen molar-refractivity contribution in [2.75, 3.05) is 6.61 Å². The van der Waals surface area contributed by atoms with Crippen LogP contribution in [0.1, 0.15) is 11.7 Å². The Kier molecular flexibility index (Phi) is 3.82. The third-order valence-electron chi connectivity index (χ3n) is 1.70. The first-order valence-electron chi connectivity index (χ1n) is 4.22. The second-order valence-electron chi connectivity index (χ2n) is 2.83. The lowest BCUT2D eigenvalue weighted by molar-refractivity contribution is -0.156. The number of hydrogen-bond donors (Lipinski definition) is 2. The Labute approximate surface area is 85.9 Å². The fourth-order valence-electron chi connectivity index (χ4n) is 1.09. The highest BCUT2D eigenvalue weighted by Crippen LogP contribution is 2.16. The lowest BCUT2D eigenvalue weighted by Gasteiger charge is -2.11. The minimum atomic E-state index is -1.23. The van der Waals surface area contributed by atoms with E-state index in [2.05, 4.69) is 0 Å². The standard InChI is InChI=1S/C10H10O5/c11-8(12)6-15-9(10(13)14)7-4-2-1-3-5-7/h1-5,9H,6H2,(H,11,12)(H,13,14)/t9-/m0/s1. The van der Waals surface area contributed by atoms with Crippen LogP contribution in [0, 0.1) is 0 Å². The van der Waals surface area contributed by atoms with E-state index in [1.807, 2.05) is 0 Å². The number of benzene rings is 1. The van der Waals surface area contributed by atoms with E-state index in [0.29, 0.717) is 5.56 Å². The fraction of sp³-hybridized carbons (Fsp3) is 0.200. The first-order valence-corrected chi connectivity index (χ1v) is 4.22. The van der Waals surface area contributed by atoms with Crippen LogP contribution in [-0.4, -0.2) is 28.8 Å². The Morgan fingerprint density at radius 3 is 2.27 bits per heavy atom. The topological polar surface area (TPSA) is 83.8 Å². The number of carboxylic acids is 2. The van der Waals surface area contributed by atoms with E-state index in [4.69, 9.17) is 14.9 Å². The van der Waals surface area contributed by atoms with Crippen molar-refractivity contribution in [1.29, 1.82) is 0 Å². The summed E-state index contributed by atoms with van der Waals surface area (Å²) in [4.78, 5) is 21.0. The third kappa shape index (κ3) is 3.40. The molecule has 0 saturated heterocycles. The van der Waals surface area contributed by atoms with Crippen LogP contribution in [-0.2, 0) is 14.3 Å². The summed E-state index contributed by atoms with van der Waals surface area (Å²) in [5.74, 6) is -2.40. The molecule has 0 aliphatic heterocycles. The van der Waals surface area contributed by atoms with Crippen LogP contribution in [0.15, 0.2) is 30.3 Å². The third-order valence-corrected chi connectivity index (χ3v) is 1.70. The van der Waals surface area contributed by atoms with Gasteiger partial charge in [0.25, 0.3) is 0 Å². The average molecular weight is 210 g/mol. The molecule has 5 nitrogen and oxygen atoms in total. The van der Waals surface area contributed by atoms with Gasteiger partial charge in [-0.05, 0) is 5.56 Å². The van der Waals surface area contributed by atoms with E-state index in [1.54, 1.807) is 30.3 Å². The number of aliphatic carboxylic acids is 2. The van der Waals surface area contributed by atoms with E-state index < -0.39 is 24.6 Å². The smallest absolute Gasteiger partial charge is 0.337 e. The average Bonchev–Trinajstić information content (AvgIpc) is 2.18. The molecule has 1 rings (SSSR count). The van der Waals surface area contributed by atoms with Gasteiger partial charge in [-0.25, -0.2) is 9.59 Å². The molecule has 0 heterocycles. The summed E-state index contributed by atoms with van der Waals surface area (Å²) < 4.78 is 4.75. The maximum absolute atomic E-state index is 10.8. The summed E-state index contributed by atoms with van der Waals surface area (Å²) in [6.45, 7) is -0.633. The number of hydrogen-bond acceptors (Lipinski definition) is 3. The zero-order chi connectivity index (χ0) is 11.3. The molecule has 0 aromatic heterocycles. The van der Waals surface area contributed by atoms with Gasteiger partial charge in [0.1, 0.15) is 6.61 Å². The van der Waals surface area contributed by atoms with Gasteiger partial charge in [0.2, 0.25) is 0 Å². The van der Waals surface area contributed by atoms with E-state index in [0.717, 1.165) is 0 Å². The highest BCUT2D eigenvalue weighted by molar-refractivity contribution is 5.75. The van der Waals surface area contributed by atoms with Crippen LogP contribution < -0.4 is 0 Å². The Morgan fingerprint density at radius 1 is 1.20 bits per heavy atom. The molecule has 0 bridgehead atoms. The van der Waals surface area contributed by atoms with Crippen LogP contribution in [0.25, 0.3) is 0 Å². The number of carbonyl (C=O) groups is 2. The summed E-state index contributed by atoms with van der Waals surface area (Å²) in [6, 6.07) is 8.20. The van der Waals surface area contributed by atoms with Crippen LogP contribution in [0.4, 0.5) is 0 Å². The first-order chi connectivity index (χ1) is 7.11. The molecule has 0 saturated carbocycles. The van der Waals surface area contributed by atoms with Crippen molar-refractivity contribution in [3.05, 3.63) is 35.9 Å². The lowest BCUT2D eigenvalue weighted by Crippen LogP contribution is -2.19. The Bertz CT molecular complexity index is 346. The van der Waals surface area contributed by atoms with Gasteiger partial charge in [0.05, 0.1) is 0 Å². The summed E-state index contributed by atoms with van der Waals surface area (Å²) in [5, 5.41) is 17.2. The molecule has 5 heteroatoms. The van der Waals surface area contributed by atoms with Crippen molar-refractivity contribution in [3.8, 4) is 0 Å². The highest BCUT2D eigenvalue weighted by Gasteiger charge is 2.20. The molecular weight excluding hydrogens is 200 g/mol. The van der Waals surface area contributed by atoms with Crippen LogP contribution in [0.3, 0.4) is 0 Å². The van der Waals surface area contributed by atoms with Gasteiger partial charge < -0.3 is 14.9 Å². The van der Waals surface area contributed by atoms with E-state index >= 15 is 0 Å². The molecule has 0 aliphatic carbocycles. The van der Waals surface area contributed by atoms with Gasteiger partial charge >= 0.3 is 11.9 Å². The largest absolute Gasteiger partial charge is 0.480 e.